The summed E-state index contributed by atoms with van der Waals surface area (Å²) in [6.45, 7) is 8.85. The molecule has 1 nitrogen and oxygen atoms in total. The summed E-state index contributed by atoms with van der Waals surface area (Å²) in [5.41, 5.74) is 11.8. The largest absolute Gasteiger partial charge is 2.00 e. The number of rotatable bonds is 3. The van der Waals surface area contributed by atoms with Gasteiger partial charge in [0.2, 0.25) is 0 Å². The van der Waals surface area contributed by atoms with Gasteiger partial charge in [0.1, 0.15) is 0 Å². The Morgan fingerprint density at radius 1 is 1.19 bits per heavy atom. The molecule has 1 aromatic rings. The van der Waals surface area contributed by atoms with Crippen molar-refractivity contribution in [3.63, 3.8) is 0 Å². The number of benzene rings is 1. The van der Waals surface area contributed by atoms with E-state index in [1.54, 1.807) is 0 Å². The molecule has 0 aromatic heterocycles. The Bertz CT molecular complexity index is 440. The van der Waals surface area contributed by atoms with Crippen LogP contribution in [0.3, 0.4) is 0 Å². The third kappa shape index (κ3) is 9.44. The van der Waals surface area contributed by atoms with Gasteiger partial charge in [0.05, 0.1) is 0 Å². The number of hydrogen-bond donors (Lipinski definition) is 0. The summed E-state index contributed by atoms with van der Waals surface area (Å²) in [5, 5.41) is 0. The van der Waals surface area contributed by atoms with Crippen molar-refractivity contribution < 1.29 is 21.7 Å². The molecule has 116 valence electrons. The third-order valence-corrected chi connectivity index (χ3v) is 2.94. The minimum absolute atomic E-state index is 0. The SMILES string of the molecule is CCCC[NH-].Cl.Cl.[CH2-]c1ccccc1C1=CC(C)=CC1.[Ti+2]. The van der Waals surface area contributed by atoms with E-state index in [1.165, 1.54) is 16.7 Å². The molecule has 2 rings (SSSR count). The van der Waals surface area contributed by atoms with Crippen molar-refractivity contribution in [3.8, 4) is 0 Å². The van der Waals surface area contributed by atoms with Gasteiger partial charge in [-0.3, -0.25) is 0 Å². The third-order valence-electron chi connectivity index (χ3n) is 2.94. The second-order valence-electron chi connectivity index (χ2n) is 4.58. The van der Waals surface area contributed by atoms with Gasteiger partial charge in [-0.05, 0) is 13.3 Å². The van der Waals surface area contributed by atoms with Gasteiger partial charge in [-0.1, -0.05) is 49.1 Å². The van der Waals surface area contributed by atoms with Crippen LogP contribution in [-0.4, -0.2) is 6.54 Å². The van der Waals surface area contributed by atoms with Crippen molar-refractivity contribution in [2.75, 3.05) is 6.54 Å². The van der Waals surface area contributed by atoms with Gasteiger partial charge in [0, 0.05) is 0 Å². The van der Waals surface area contributed by atoms with E-state index in [0.29, 0.717) is 6.54 Å². The molecular formula is C17H25Cl2NTi. The summed E-state index contributed by atoms with van der Waals surface area (Å²) in [7, 11) is 0. The Morgan fingerprint density at radius 2 is 1.81 bits per heavy atom. The van der Waals surface area contributed by atoms with E-state index in [4.69, 9.17) is 5.73 Å². The zero-order valence-electron chi connectivity index (χ0n) is 12.8. The molecule has 1 N–H and O–H groups in total. The molecule has 0 saturated carbocycles. The van der Waals surface area contributed by atoms with Crippen LogP contribution in [0.2, 0.25) is 0 Å². The topological polar surface area (TPSA) is 23.8 Å². The Hall–Kier alpha value is -0.176. The molecule has 1 aliphatic rings. The molecule has 0 spiro atoms. The van der Waals surface area contributed by atoms with Crippen molar-refractivity contribution in [1.82, 2.24) is 0 Å². The van der Waals surface area contributed by atoms with Gasteiger partial charge in [-0.25, -0.2) is 0 Å². The van der Waals surface area contributed by atoms with E-state index in [1.807, 2.05) is 6.07 Å². The molecule has 0 amide bonds. The van der Waals surface area contributed by atoms with Crippen LogP contribution in [0.15, 0.2) is 42.0 Å². The minimum Gasteiger partial charge on any atom is -0.677 e. The summed E-state index contributed by atoms with van der Waals surface area (Å²) in [6, 6.07) is 8.30. The van der Waals surface area contributed by atoms with Crippen LogP contribution in [0.4, 0.5) is 0 Å². The first-order chi connectivity index (χ1) is 8.69. The van der Waals surface area contributed by atoms with E-state index >= 15 is 0 Å². The Morgan fingerprint density at radius 3 is 2.19 bits per heavy atom. The molecule has 0 fully saturated rings. The molecule has 1 aliphatic carbocycles. The van der Waals surface area contributed by atoms with E-state index in [0.717, 1.165) is 24.8 Å². The van der Waals surface area contributed by atoms with Crippen molar-refractivity contribution >= 4 is 30.4 Å². The fraction of sp³-hybridized carbons (Fsp3) is 0.353. The van der Waals surface area contributed by atoms with Crippen LogP contribution in [-0.2, 0) is 21.7 Å². The van der Waals surface area contributed by atoms with Crippen molar-refractivity contribution in [2.45, 2.75) is 33.1 Å². The molecule has 0 heterocycles. The average molecular weight is 362 g/mol. The maximum absolute atomic E-state index is 6.60. The monoisotopic (exact) mass is 361 g/mol. The molecule has 1 aromatic carbocycles. The Kier molecular flexibility index (Phi) is 18.1. The van der Waals surface area contributed by atoms with Gasteiger partial charge in [-0.15, -0.1) is 42.5 Å². The zero-order valence-corrected chi connectivity index (χ0v) is 16.0. The number of hydrogen-bond acceptors (Lipinski definition) is 0. The van der Waals surface area contributed by atoms with Gasteiger partial charge in [0.25, 0.3) is 0 Å². The summed E-state index contributed by atoms with van der Waals surface area (Å²) in [6.07, 6.45) is 7.76. The molecule has 0 bridgehead atoms. The van der Waals surface area contributed by atoms with E-state index in [2.05, 4.69) is 51.1 Å². The van der Waals surface area contributed by atoms with Crippen LogP contribution in [0.25, 0.3) is 11.3 Å². The maximum atomic E-state index is 6.60. The second kappa shape index (κ2) is 14.7. The fourth-order valence-electron chi connectivity index (χ4n) is 1.86. The van der Waals surface area contributed by atoms with E-state index in [-0.39, 0.29) is 46.5 Å². The molecule has 21 heavy (non-hydrogen) atoms. The van der Waals surface area contributed by atoms with Gasteiger partial charge in [0.15, 0.2) is 0 Å². The minimum atomic E-state index is 0. The smallest absolute Gasteiger partial charge is 0.677 e. The summed E-state index contributed by atoms with van der Waals surface area (Å²) in [5.74, 6) is 0. The van der Waals surface area contributed by atoms with Crippen LogP contribution >= 0.6 is 24.8 Å². The molecular weight excluding hydrogens is 337 g/mol. The molecule has 4 heteroatoms. The van der Waals surface area contributed by atoms with Crippen molar-refractivity contribution in [3.05, 3.63) is 65.8 Å². The first-order valence-corrected chi connectivity index (χ1v) is 6.62. The van der Waals surface area contributed by atoms with Crippen LogP contribution in [0.5, 0.6) is 0 Å². The number of halogens is 2. The van der Waals surface area contributed by atoms with Crippen LogP contribution in [0.1, 0.15) is 44.2 Å². The molecule has 0 saturated heterocycles. The normalized spacial score (nSPS) is 11.6. The number of unbranched alkanes of at least 4 members (excludes halogenated alkanes) is 1. The van der Waals surface area contributed by atoms with E-state index < -0.39 is 0 Å². The predicted molar refractivity (Wildman–Crippen MR) is 95.8 cm³/mol. The Labute approximate surface area is 157 Å². The quantitative estimate of drug-likeness (QED) is 0.446. The zero-order chi connectivity index (χ0) is 13.4. The van der Waals surface area contributed by atoms with Crippen LogP contribution < -0.4 is 0 Å². The molecule has 0 aliphatic heterocycles. The molecule has 0 radical (unpaired) electrons. The van der Waals surface area contributed by atoms with Gasteiger partial charge >= 0.3 is 21.7 Å². The van der Waals surface area contributed by atoms with Crippen molar-refractivity contribution in [1.29, 1.82) is 0 Å². The number of allylic oxidation sites excluding steroid dienone is 4. The predicted octanol–water partition coefficient (Wildman–Crippen LogP) is 6.28. The summed E-state index contributed by atoms with van der Waals surface area (Å²) >= 11 is 0. The fourth-order valence-corrected chi connectivity index (χ4v) is 1.86. The first kappa shape index (κ1) is 25.8. The standard InChI is InChI=1S/C13H13.C4H10N.2ClH.Ti/c1-10-7-8-12(9-10)13-6-4-3-5-11(13)2;1-2-3-4-5;;;/h3-7,9H,2,8H2,1H3;5H,2-4H2,1H3;2*1H;/q2*-1;;;+2. The van der Waals surface area contributed by atoms with Gasteiger partial charge in [-0.2, -0.15) is 25.1 Å². The first-order valence-electron chi connectivity index (χ1n) is 6.62. The summed E-state index contributed by atoms with van der Waals surface area (Å²) in [4.78, 5) is 0. The molecule has 0 unspecified atom stereocenters. The Balaban J connectivity index is -0.000000360. The maximum Gasteiger partial charge on any atom is 2.00 e. The molecule has 0 atom stereocenters. The van der Waals surface area contributed by atoms with Crippen molar-refractivity contribution in [2.24, 2.45) is 0 Å². The van der Waals surface area contributed by atoms with Gasteiger partial charge < -0.3 is 5.73 Å². The summed E-state index contributed by atoms with van der Waals surface area (Å²) < 4.78 is 0. The average Bonchev–Trinajstić information content (AvgIpc) is 2.78. The van der Waals surface area contributed by atoms with E-state index in [9.17, 15) is 0 Å². The van der Waals surface area contributed by atoms with Crippen LogP contribution in [0, 0.1) is 6.92 Å². The number of nitrogens with one attached hydrogen (secondary N) is 1. The second-order valence-corrected chi connectivity index (χ2v) is 4.58.